The van der Waals surface area contributed by atoms with E-state index in [1.54, 1.807) is 13.8 Å². The second kappa shape index (κ2) is 6.22. The summed E-state index contributed by atoms with van der Waals surface area (Å²) in [5.41, 5.74) is 2.64. The van der Waals surface area contributed by atoms with Gasteiger partial charge in [-0.15, -0.1) is 0 Å². The lowest BCUT2D eigenvalue weighted by atomic mass is 9.85. The molecule has 130 valence electrons. The standard InChI is InChI=1S/C20H18N4O2/c1-13-17(19(25)23(21-13)15-9-5-3-6-10-15)18-14(2)22-24(20(18)26)16-11-7-4-8-12-16/h3-12,17-18H,1-2H3/t17-,18-/m1/s1. The maximum Gasteiger partial charge on any atom is 0.257 e. The average Bonchev–Trinajstić information content (AvgIpc) is 3.12. The summed E-state index contributed by atoms with van der Waals surface area (Å²) >= 11 is 0. The lowest BCUT2D eigenvalue weighted by Crippen LogP contribution is -2.40. The Balaban J connectivity index is 1.64. The van der Waals surface area contributed by atoms with Crippen LogP contribution in [0.2, 0.25) is 0 Å². The topological polar surface area (TPSA) is 65.3 Å². The maximum atomic E-state index is 13.0. The van der Waals surface area contributed by atoms with Gasteiger partial charge in [0.05, 0.1) is 23.2 Å². The van der Waals surface area contributed by atoms with Gasteiger partial charge in [0.1, 0.15) is 0 Å². The first-order chi connectivity index (χ1) is 12.6. The highest BCUT2D eigenvalue weighted by atomic mass is 16.2. The van der Waals surface area contributed by atoms with E-state index in [-0.39, 0.29) is 11.8 Å². The van der Waals surface area contributed by atoms with Crippen LogP contribution in [0.5, 0.6) is 0 Å². The van der Waals surface area contributed by atoms with Crippen LogP contribution in [0.25, 0.3) is 0 Å². The quantitative estimate of drug-likeness (QED) is 0.857. The highest BCUT2D eigenvalue weighted by Gasteiger charge is 2.48. The third-order valence-corrected chi connectivity index (χ3v) is 4.70. The summed E-state index contributed by atoms with van der Waals surface area (Å²) in [4.78, 5) is 26.0. The van der Waals surface area contributed by atoms with Gasteiger partial charge in [-0.2, -0.15) is 10.2 Å². The molecule has 2 atom stereocenters. The van der Waals surface area contributed by atoms with Gasteiger partial charge in [-0.3, -0.25) is 9.59 Å². The number of hydrazone groups is 2. The number of hydrogen-bond acceptors (Lipinski definition) is 4. The fraction of sp³-hybridized carbons (Fsp3) is 0.200. The van der Waals surface area contributed by atoms with Crippen molar-refractivity contribution in [1.82, 2.24) is 0 Å². The first-order valence-corrected chi connectivity index (χ1v) is 8.46. The van der Waals surface area contributed by atoms with Crippen LogP contribution in [0.3, 0.4) is 0 Å². The Morgan fingerprint density at radius 3 is 1.35 bits per heavy atom. The summed E-state index contributed by atoms with van der Waals surface area (Å²) in [5.74, 6) is -1.65. The van der Waals surface area contributed by atoms with E-state index in [0.717, 1.165) is 0 Å². The summed E-state index contributed by atoms with van der Waals surface area (Å²) in [7, 11) is 0. The van der Waals surface area contributed by atoms with Crippen molar-refractivity contribution in [2.75, 3.05) is 10.0 Å². The van der Waals surface area contributed by atoms with E-state index in [1.165, 1.54) is 10.0 Å². The van der Waals surface area contributed by atoms with Gasteiger partial charge in [-0.1, -0.05) is 36.4 Å². The third-order valence-electron chi connectivity index (χ3n) is 4.70. The molecule has 6 heteroatoms. The lowest BCUT2D eigenvalue weighted by Gasteiger charge is -2.19. The molecule has 0 spiro atoms. The van der Waals surface area contributed by atoms with Crippen molar-refractivity contribution in [1.29, 1.82) is 0 Å². The van der Waals surface area contributed by atoms with E-state index in [1.807, 2.05) is 60.7 Å². The fourth-order valence-corrected chi connectivity index (χ4v) is 3.44. The van der Waals surface area contributed by atoms with Gasteiger partial charge < -0.3 is 0 Å². The molecule has 0 bridgehead atoms. The van der Waals surface area contributed by atoms with Gasteiger partial charge in [0, 0.05) is 11.4 Å². The molecule has 0 radical (unpaired) electrons. The minimum absolute atomic E-state index is 0.198. The van der Waals surface area contributed by atoms with Gasteiger partial charge in [-0.25, -0.2) is 10.0 Å². The number of carbonyl (C=O) groups excluding carboxylic acids is 2. The molecular formula is C20H18N4O2. The summed E-state index contributed by atoms with van der Waals surface area (Å²) in [6.45, 7) is 3.58. The summed E-state index contributed by atoms with van der Waals surface area (Å²) < 4.78 is 0. The molecule has 2 heterocycles. The number of amides is 2. The van der Waals surface area contributed by atoms with Crippen molar-refractivity contribution < 1.29 is 9.59 Å². The average molecular weight is 346 g/mol. The maximum absolute atomic E-state index is 13.0. The number of benzene rings is 2. The lowest BCUT2D eigenvalue weighted by molar-refractivity contribution is -0.126. The molecule has 0 saturated carbocycles. The Morgan fingerprint density at radius 2 is 1.00 bits per heavy atom. The predicted molar refractivity (Wildman–Crippen MR) is 101 cm³/mol. The molecule has 6 nitrogen and oxygen atoms in total. The van der Waals surface area contributed by atoms with Crippen LogP contribution in [-0.4, -0.2) is 23.2 Å². The molecule has 2 aromatic carbocycles. The molecule has 4 rings (SSSR count). The Hall–Kier alpha value is -3.28. The molecule has 2 aliphatic rings. The van der Waals surface area contributed by atoms with E-state index in [2.05, 4.69) is 10.2 Å². The second-order valence-corrected chi connectivity index (χ2v) is 6.41. The Morgan fingerprint density at radius 1 is 0.654 bits per heavy atom. The van der Waals surface area contributed by atoms with Crippen LogP contribution >= 0.6 is 0 Å². The summed E-state index contributed by atoms with van der Waals surface area (Å²) in [5, 5.41) is 11.6. The Kier molecular flexibility index (Phi) is 3.88. The molecule has 0 aromatic heterocycles. The van der Waals surface area contributed by atoms with E-state index in [0.29, 0.717) is 22.8 Å². The smallest absolute Gasteiger partial charge is 0.257 e. The first kappa shape index (κ1) is 16.2. The molecular weight excluding hydrogens is 328 g/mol. The molecule has 0 saturated heterocycles. The number of para-hydroxylation sites is 2. The number of anilines is 2. The molecule has 2 aliphatic heterocycles. The van der Waals surface area contributed by atoms with Crippen molar-refractivity contribution in [3.8, 4) is 0 Å². The molecule has 26 heavy (non-hydrogen) atoms. The van der Waals surface area contributed by atoms with Crippen molar-refractivity contribution in [3.63, 3.8) is 0 Å². The van der Waals surface area contributed by atoms with Crippen LogP contribution in [0.15, 0.2) is 70.9 Å². The van der Waals surface area contributed by atoms with E-state index < -0.39 is 11.8 Å². The summed E-state index contributed by atoms with van der Waals surface area (Å²) in [6.07, 6.45) is 0. The number of rotatable bonds is 3. The van der Waals surface area contributed by atoms with Crippen LogP contribution < -0.4 is 10.0 Å². The monoisotopic (exact) mass is 346 g/mol. The zero-order valence-corrected chi connectivity index (χ0v) is 14.5. The van der Waals surface area contributed by atoms with Crippen molar-refractivity contribution in [2.45, 2.75) is 13.8 Å². The highest BCUT2D eigenvalue weighted by Crippen LogP contribution is 2.34. The van der Waals surface area contributed by atoms with Gasteiger partial charge >= 0.3 is 0 Å². The third kappa shape index (κ3) is 2.50. The second-order valence-electron chi connectivity index (χ2n) is 6.41. The zero-order valence-electron chi connectivity index (χ0n) is 14.5. The van der Waals surface area contributed by atoms with Crippen molar-refractivity contribution in [3.05, 3.63) is 60.7 Å². The SMILES string of the molecule is CC1=NN(c2ccccc2)C(=O)[C@H]1[C@@H]1C(=O)N(c2ccccc2)N=C1C. The largest absolute Gasteiger partial charge is 0.272 e. The van der Waals surface area contributed by atoms with E-state index in [9.17, 15) is 9.59 Å². The first-order valence-electron chi connectivity index (χ1n) is 8.46. The molecule has 2 aromatic rings. The van der Waals surface area contributed by atoms with E-state index >= 15 is 0 Å². The molecule has 2 amide bonds. The van der Waals surface area contributed by atoms with E-state index in [4.69, 9.17) is 0 Å². The zero-order chi connectivity index (χ0) is 18.3. The Labute approximate surface area is 151 Å². The van der Waals surface area contributed by atoms with Gasteiger partial charge in [0.15, 0.2) is 0 Å². The van der Waals surface area contributed by atoms with Crippen LogP contribution in [0, 0.1) is 11.8 Å². The Bertz CT molecular complexity index is 844. The minimum atomic E-state index is -0.625. The fourth-order valence-electron chi connectivity index (χ4n) is 3.44. The van der Waals surface area contributed by atoms with Crippen molar-refractivity contribution >= 4 is 34.6 Å². The molecule has 0 unspecified atom stereocenters. The minimum Gasteiger partial charge on any atom is -0.272 e. The number of carbonyl (C=O) groups is 2. The predicted octanol–water partition coefficient (Wildman–Crippen LogP) is 3.06. The van der Waals surface area contributed by atoms with Gasteiger partial charge in [0.2, 0.25) is 0 Å². The molecule has 0 N–H and O–H groups in total. The van der Waals surface area contributed by atoms with Crippen molar-refractivity contribution in [2.24, 2.45) is 22.0 Å². The van der Waals surface area contributed by atoms with Gasteiger partial charge in [-0.05, 0) is 38.1 Å². The highest BCUT2D eigenvalue weighted by molar-refractivity contribution is 6.25. The van der Waals surface area contributed by atoms with Crippen LogP contribution in [0.4, 0.5) is 11.4 Å². The van der Waals surface area contributed by atoms with Crippen LogP contribution in [-0.2, 0) is 9.59 Å². The van der Waals surface area contributed by atoms with Crippen LogP contribution in [0.1, 0.15) is 13.8 Å². The summed E-state index contributed by atoms with van der Waals surface area (Å²) in [6, 6.07) is 18.5. The number of nitrogens with zero attached hydrogens (tertiary/aromatic N) is 4. The normalized spacial score (nSPS) is 22.7. The van der Waals surface area contributed by atoms with Gasteiger partial charge in [0.25, 0.3) is 11.8 Å². The number of hydrogen-bond donors (Lipinski definition) is 0. The molecule has 0 aliphatic carbocycles. The molecule has 0 fully saturated rings.